The number of para-hydroxylation sites is 5. The molecule has 0 radical (unpaired) electrons. The fourth-order valence-corrected chi connectivity index (χ4v) is 8.15. The van der Waals surface area contributed by atoms with Crippen LogP contribution >= 0.6 is 0 Å². The van der Waals surface area contributed by atoms with Gasteiger partial charge in [0.05, 0.1) is 22.1 Å². The van der Waals surface area contributed by atoms with Gasteiger partial charge in [-0.25, -0.2) is 9.97 Å². The van der Waals surface area contributed by atoms with Crippen molar-refractivity contribution in [3.05, 3.63) is 188 Å². The highest BCUT2D eigenvalue weighted by Crippen LogP contribution is 2.39. The van der Waals surface area contributed by atoms with Crippen LogP contribution in [-0.2, 0) is 0 Å². The zero-order chi connectivity index (χ0) is 34.9. The van der Waals surface area contributed by atoms with E-state index < -0.39 is 0 Å². The Labute approximate surface area is 305 Å². The molecule has 0 spiro atoms. The molecular weight excluding hydrogens is 647 g/mol. The highest BCUT2D eigenvalue weighted by Gasteiger charge is 2.21. The molecule has 0 fully saturated rings. The highest BCUT2D eigenvalue weighted by atomic mass is 15.1. The monoisotopic (exact) mass is 677 g/mol. The maximum atomic E-state index is 5.42. The molecule has 4 heterocycles. The van der Waals surface area contributed by atoms with Gasteiger partial charge in [-0.2, -0.15) is 0 Å². The van der Waals surface area contributed by atoms with Gasteiger partial charge in [-0.3, -0.25) is 4.57 Å². The number of rotatable bonds is 5. The third-order valence-electron chi connectivity index (χ3n) is 10.5. The first-order valence-electron chi connectivity index (χ1n) is 17.9. The summed E-state index contributed by atoms with van der Waals surface area (Å²) < 4.78 is 6.99. The molecule has 0 unspecified atom stereocenters. The number of aromatic nitrogens is 5. The summed E-state index contributed by atoms with van der Waals surface area (Å²) in [7, 11) is 0. The zero-order valence-corrected chi connectivity index (χ0v) is 28.6. The molecule has 53 heavy (non-hydrogen) atoms. The summed E-state index contributed by atoms with van der Waals surface area (Å²) in [5.74, 6) is 0.827. The third kappa shape index (κ3) is 4.57. The zero-order valence-electron chi connectivity index (χ0n) is 28.6. The number of imidazole rings is 1. The number of hydrogen-bond acceptors (Lipinski definition) is 2. The lowest BCUT2D eigenvalue weighted by molar-refractivity contribution is 1.07. The van der Waals surface area contributed by atoms with Gasteiger partial charge in [0.25, 0.3) is 0 Å². The minimum Gasteiger partial charge on any atom is -0.309 e. The molecule has 0 aliphatic heterocycles. The van der Waals surface area contributed by atoms with E-state index >= 15 is 0 Å². The van der Waals surface area contributed by atoms with Gasteiger partial charge in [-0.05, 0) is 66.2 Å². The van der Waals surface area contributed by atoms with Gasteiger partial charge >= 0.3 is 0 Å². The smallest absolute Gasteiger partial charge is 0.164 e. The molecule has 0 amide bonds. The second-order valence-corrected chi connectivity index (χ2v) is 13.5. The van der Waals surface area contributed by atoms with E-state index in [0.29, 0.717) is 0 Å². The Balaban J connectivity index is 1.26. The largest absolute Gasteiger partial charge is 0.309 e. The van der Waals surface area contributed by atoms with Crippen molar-refractivity contribution in [2.24, 2.45) is 0 Å². The van der Waals surface area contributed by atoms with Crippen molar-refractivity contribution in [3.63, 3.8) is 0 Å². The molecule has 11 aromatic rings. The summed E-state index contributed by atoms with van der Waals surface area (Å²) in [4.78, 5) is 10.5. The number of hydrogen-bond donors (Lipinski definition) is 0. The Kier molecular flexibility index (Phi) is 6.48. The van der Waals surface area contributed by atoms with Crippen LogP contribution in [0.2, 0.25) is 0 Å². The lowest BCUT2D eigenvalue weighted by Gasteiger charge is -2.16. The average Bonchev–Trinajstić information content (AvgIpc) is 3.89. The molecule has 11 rings (SSSR count). The van der Waals surface area contributed by atoms with Crippen LogP contribution in [-0.4, -0.2) is 23.7 Å². The van der Waals surface area contributed by atoms with Gasteiger partial charge in [-0.1, -0.05) is 121 Å². The summed E-state index contributed by atoms with van der Waals surface area (Å²) >= 11 is 0. The summed E-state index contributed by atoms with van der Waals surface area (Å²) in [5, 5.41) is 4.89. The Bertz CT molecular complexity index is 2930. The molecule has 7 aromatic carbocycles. The molecule has 5 heteroatoms. The summed E-state index contributed by atoms with van der Waals surface area (Å²) in [6.45, 7) is 0. The number of pyridine rings is 1. The minimum atomic E-state index is 0.812. The first-order valence-corrected chi connectivity index (χ1v) is 17.9. The van der Waals surface area contributed by atoms with Crippen LogP contribution in [0.3, 0.4) is 0 Å². The predicted octanol–water partition coefficient (Wildman–Crippen LogP) is 11.9. The van der Waals surface area contributed by atoms with E-state index in [1.165, 1.54) is 21.5 Å². The Hall–Kier alpha value is -7.24. The van der Waals surface area contributed by atoms with Crippen LogP contribution in [0.4, 0.5) is 0 Å². The molecule has 0 aliphatic carbocycles. The van der Waals surface area contributed by atoms with Crippen molar-refractivity contribution in [2.45, 2.75) is 0 Å². The number of benzene rings is 7. The van der Waals surface area contributed by atoms with E-state index in [-0.39, 0.29) is 0 Å². The quantitative estimate of drug-likeness (QED) is 0.182. The standard InChI is InChI=1S/C48H31N5/c1-3-15-32(16-4-1)34-29-42-48(49-31-34)53(35-17-5-2-6-18-35)47(50-42)33-27-36(51-43-23-11-7-19-38(43)39-20-8-12-24-44(39)51)30-37(28-33)52-45-25-13-9-21-40(45)41-22-10-14-26-46(41)52/h1-31H. The first-order chi connectivity index (χ1) is 26.3. The van der Waals surface area contributed by atoms with Crippen molar-refractivity contribution in [2.75, 3.05) is 0 Å². The van der Waals surface area contributed by atoms with E-state index in [1.54, 1.807) is 0 Å². The highest BCUT2D eigenvalue weighted by molar-refractivity contribution is 6.10. The first kappa shape index (κ1) is 29.5. The molecule has 0 saturated heterocycles. The fraction of sp³-hybridized carbons (Fsp3) is 0. The maximum Gasteiger partial charge on any atom is 0.164 e. The Morgan fingerprint density at radius 2 is 0.792 bits per heavy atom. The second kappa shape index (κ2) is 11.7. The molecule has 0 saturated carbocycles. The van der Waals surface area contributed by atoms with E-state index in [9.17, 15) is 0 Å². The van der Waals surface area contributed by atoms with E-state index in [2.05, 4.69) is 184 Å². The SMILES string of the molecule is c1ccc(-c2cnc3c(c2)nc(-c2cc(-n4c5ccccc5c5ccccc54)cc(-n4c5ccccc5c5ccccc54)c2)n3-c2ccccc2)cc1. The maximum absolute atomic E-state index is 5.42. The van der Waals surface area contributed by atoms with Gasteiger partial charge in [0.1, 0.15) is 11.3 Å². The molecular formula is C48H31N5. The summed E-state index contributed by atoms with van der Waals surface area (Å²) in [5.41, 5.74) is 12.5. The lowest BCUT2D eigenvalue weighted by atomic mass is 10.1. The van der Waals surface area contributed by atoms with Crippen LogP contribution in [0.15, 0.2) is 188 Å². The Morgan fingerprint density at radius 1 is 0.340 bits per heavy atom. The van der Waals surface area contributed by atoms with Crippen molar-refractivity contribution in [1.82, 2.24) is 23.7 Å². The predicted molar refractivity (Wildman–Crippen MR) is 218 cm³/mol. The third-order valence-corrected chi connectivity index (χ3v) is 10.5. The average molecular weight is 678 g/mol. The van der Waals surface area contributed by atoms with Crippen molar-refractivity contribution in [1.29, 1.82) is 0 Å². The van der Waals surface area contributed by atoms with Gasteiger partial charge < -0.3 is 9.13 Å². The van der Waals surface area contributed by atoms with Crippen LogP contribution in [0.5, 0.6) is 0 Å². The number of fused-ring (bicyclic) bond motifs is 7. The molecule has 4 aromatic heterocycles. The van der Waals surface area contributed by atoms with Gasteiger partial charge in [0.2, 0.25) is 0 Å². The Morgan fingerprint density at radius 3 is 1.30 bits per heavy atom. The van der Waals surface area contributed by atoms with Gasteiger partial charge in [0.15, 0.2) is 5.65 Å². The summed E-state index contributed by atoms with van der Waals surface area (Å²) in [6.07, 6.45) is 1.96. The van der Waals surface area contributed by atoms with Crippen molar-refractivity contribution < 1.29 is 0 Å². The fourth-order valence-electron chi connectivity index (χ4n) is 8.15. The van der Waals surface area contributed by atoms with Gasteiger partial charge in [-0.15, -0.1) is 0 Å². The minimum absolute atomic E-state index is 0.812. The molecule has 0 aliphatic rings. The second-order valence-electron chi connectivity index (χ2n) is 13.5. The number of nitrogens with zero attached hydrogens (tertiary/aromatic N) is 5. The van der Waals surface area contributed by atoms with Crippen LogP contribution in [0, 0.1) is 0 Å². The lowest BCUT2D eigenvalue weighted by Crippen LogP contribution is -2.03. The van der Waals surface area contributed by atoms with Crippen LogP contribution < -0.4 is 0 Å². The van der Waals surface area contributed by atoms with E-state index in [0.717, 1.165) is 72.8 Å². The van der Waals surface area contributed by atoms with E-state index in [1.807, 2.05) is 18.3 Å². The molecule has 0 atom stereocenters. The van der Waals surface area contributed by atoms with Crippen molar-refractivity contribution >= 4 is 54.8 Å². The normalized spacial score (nSPS) is 11.8. The topological polar surface area (TPSA) is 40.6 Å². The molecule has 248 valence electrons. The van der Waals surface area contributed by atoms with E-state index in [4.69, 9.17) is 9.97 Å². The molecule has 5 nitrogen and oxygen atoms in total. The summed E-state index contributed by atoms with van der Waals surface area (Å²) in [6, 6.07) is 64.6. The van der Waals surface area contributed by atoms with Crippen LogP contribution in [0.25, 0.3) is 94.4 Å². The van der Waals surface area contributed by atoms with Crippen LogP contribution in [0.1, 0.15) is 0 Å². The molecule has 0 bridgehead atoms. The van der Waals surface area contributed by atoms with Gasteiger partial charge in [0, 0.05) is 55.9 Å². The van der Waals surface area contributed by atoms with Crippen molar-refractivity contribution in [3.8, 4) is 39.6 Å². The molecule has 0 N–H and O–H groups in total.